The van der Waals surface area contributed by atoms with Crippen molar-refractivity contribution < 1.29 is 4.74 Å². The number of nitrogens with zero attached hydrogens (tertiary/aromatic N) is 5. The fourth-order valence-electron chi connectivity index (χ4n) is 3.99. The van der Waals surface area contributed by atoms with Gasteiger partial charge in [0.1, 0.15) is 5.82 Å². The van der Waals surface area contributed by atoms with Crippen LogP contribution in [0.4, 0.5) is 11.8 Å². The molecule has 0 N–H and O–H groups in total. The van der Waals surface area contributed by atoms with Crippen molar-refractivity contribution in [3.63, 3.8) is 0 Å². The van der Waals surface area contributed by atoms with E-state index >= 15 is 0 Å². The van der Waals surface area contributed by atoms with Crippen LogP contribution in [0.3, 0.4) is 0 Å². The van der Waals surface area contributed by atoms with E-state index < -0.39 is 0 Å². The van der Waals surface area contributed by atoms with Crippen molar-refractivity contribution in [1.82, 2.24) is 14.9 Å². The lowest BCUT2D eigenvalue weighted by atomic mass is 10.1. The lowest BCUT2D eigenvalue weighted by Crippen LogP contribution is -2.42. The summed E-state index contributed by atoms with van der Waals surface area (Å²) in [5.41, 5.74) is 1.07. The second-order valence-corrected chi connectivity index (χ2v) is 7.26. The maximum absolute atomic E-state index is 5.84. The quantitative estimate of drug-likeness (QED) is 0.815. The molecular weight excluding hydrogens is 290 g/mol. The minimum Gasteiger partial charge on any atom is -0.379 e. The molecule has 0 radical (unpaired) electrons. The third-order valence-corrected chi connectivity index (χ3v) is 5.28. The van der Waals surface area contributed by atoms with Gasteiger partial charge in [-0.1, -0.05) is 0 Å². The topological polar surface area (TPSA) is 44.7 Å². The molecule has 3 saturated heterocycles. The van der Waals surface area contributed by atoms with E-state index in [1.165, 1.54) is 12.8 Å². The van der Waals surface area contributed by atoms with Crippen LogP contribution in [0.15, 0.2) is 6.07 Å². The lowest BCUT2D eigenvalue weighted by molar-refractivity contribution is 0.0930. The van der Waals surface area contributed by atoms with Gasteiger partial charge in [0.05, 0.1) is 19.3 Å². The van der Waals surface area contributed by atoms with E-state index in [9.17, 15) is 0 Å². The van der Waals surface area contributed by atoms with E-state index in [1.54, 1.807) is 0 Å². The molecule has 0 saturated carbocycles. The molecule has 0 unspecified atom stereocenters. The first-order valence-electron chi connectivity index (χ1n) is 8.82. The summed E-state index contributed by atoms with van der Waals surface area (Å²) in [6, 6.07) is 2.59. The molecule has 0 amide bonds. The molecule has 6 nitrogen and oxygen atoms in total. The molecule has 3 aliphatic rings. The first-order valence-corrected chi connectivity index (χ1v) is 8.82. The van der Waals surface area contributed by atoms with Crippen molar-refractivity contribution >= 4 is 11.8 Å². The minimum atomic E-state index is 0.452. The summed E-state index contributed by atoms with van der Waals surface area (Å²) in [4.78, 5) is 16.8. The number of aryl methyl sites for hydroxylation is 1. The number of likely N-dealkylation sites (N-methyl/N-ethyl adjacent to an activating group) is 1. The zero-order chi connectivity index (χ0) is 15.8. The van der Waals surface area contributed by atoms with Gasteiger partial charge in [-0.15, -0.1) is 0 Å². The highest BCUT2D eigenvalue weighted by atomic mass is 16.5. The van der Waals surface area contributed by atoms with Crippen molar-refractivity contribution in [2.75, 3.05) is 62.8 Å². The summed E-state index contributed by atoms with van der Waals surface area (Å²) in [5, 5.41) is 0. The van der Waals surface area contributed by atoms with Crippen LogP contribution < -0.4 is 9.80 Å². The molecule has 4 rings (SSSR count). The third kappa shape index (κ3) is 3.15. The summed E-state index contributed by atoms with van der Waals surface area (Å²) in [6.45, 7) is 9.07. The smallest absolute Gasteiger partial charge is 0.227 e. The normalized spacial score (nSPS) is 29.0. The number of ether oxygens (including phenoxy) is 1. The average molecular weight is 317 g/mol. The van der Waals surface area contributed by atoms with E-state index in [4.69, 9.17) is 9.72 Å². The molecule has 126 valence electrons. The van der Waals surface area contributed by atoms with E-state index in [0.717, 1.165) is 63.4 Å². The monoisotopic (exact) mass is 317 g/mol. The summed E-state index contributed by atoms with van der Waals surface area (Å²) >= 11 is 0. The molecule has 23 heavy (non-hydrogen) atoms. The zero-order valence-electron chi connectivity index (χ0n) is 14.2. The zero-order valence-corrected chi connectivity index (χ0v) is 14.2. The van der Waals surface area contributed by atoms with Crippen LogP contribution in [0.2, 0.25) is 0 Å². The average Bonchev–Trinajstić information content (AvgIpc) is 2.92. The van der Waals surface area contributed by atoms with Gasteiger partial charge in [0.25, 0.3) is 0 Å². The third-order valence-electron chi connectivity index (χ3n) is 5.28. The van der Waals surface area contributed by atoms with E-state index in [2.05, 4.69) is 39.7 Å². The highest BCUT2D eigenvalue weighted by Gasteiger charge is 2.32. The predicted molar refractivity (Wildman–Crippen MR) is 91.2 cm³/mol. The molecule has 4 heterocycles. The van der Waals surface area contributed by atoms with Crippen molar-refractivity contribution in [2.45, 2.75) is 25.8 Å². The largest absolute Gasteiger partial charge is 0.379 e. The molecular formula is C17H27N5O. The van der Waals surface area contributed by atoms with Gasteiger partial charge in [0.15, 0.2) is 0 Å². The maximum Gasteiger partial charge on any atom is 0.227 e. The molecule has 6 heteroatoms. The molecule has 2 atom stereocenters. The van der Waals surface area contributed by atoms with Gasteiger partial charge in [-0.25, -0.2) is 4.98 Å². The number of rotatable bonds is 2. The summed E-state index contributed by atoms with van der Waals surface area (Å²) in [6.07, 6.45) is 2.51. The minimum absolute atomic E-state index is 0.452. The van der Waals surface area contributed by atoms with Crippen LogP contribution in [-0.4, -0.2) is 73.9 Å². The SMILES string of the molecule is Cc1cc(N2C[C@@H]3COC[C@H](C2)N(C)C3)nc(N2CCCC2)n1. The van der Waals surface area contributed by atoms with Gasteiger partial charge >= 0.3 is 0 Å². The van der Waals surface area contributed by atoms with Crippen LogP contribution in [0.25, 0.3) is 0 Å². The number of hydrogen-bond acceptors (Lipinski definition) is 6. The summed E-state index contributed by atoms with van der Waals surface area (Å²) in [5.74, 6) is 2.56. The van der Waals surface area contributed by atoms with Gasteiger partial charge < -0.3 is 14.5 Å². The van der Waals surface area contributed by atoms with Crippen LogP contribution in [0.1, 0.15) is 18.5 Å². The van der Waals surface area contributed by atoms with Crippen molar-refractivity contribution in [3.8, 4) is 0 Å². The molecule has 1 aromatic rings. The number of aromatic nitrogens is 2. The molecule has 0 aromatic carbocycles. The number of anilines is 2. The Morgan fingerprint density at radius 2 is 1.87 bits per heavy atom. The second-order valence-electron chi connectivity index (χ2n) is 7.26. The first kappa shape index (κ1) is 15.1. The molecule has 0 spiro atoms. The van der Waals surface area contributed by atoms with Crippen molar-refractivity contribution in [3.05, 3.63) is 11.8 Å². The van der Waals surface area contributed by atoms with Crippen molar-refractivity contribution in [2.24, 2.45) is 5.92 Å². The molecule has 2 bridgehead atoms. The van der Waals surface area contributed by atoms with Gasteiger partial charge in [-0.05, 0) is 26.8 Å². The van der Waals surface area contributed by atoms with Gasteiger partial charge in [0, 0.05) is 50.4 Å². The number of fused-ring (bicyclic) bond motifs is 3. The first-order chi connectivity index (χ1) is 11.2. The predicted octanol–water partition coefficient (Wildman–Crippen LogP) is 1.15. The van der Waals surface area contributed by atoms with Crippen LogP contribution in [-0.2, 0) is 4.74 Å². The fourth-order valence-corrected chi connectivity index (χ4v) is 3.99. The Morgan fingerprint density at radius 1 is 1.04 bits per heavy atom. The Labute approximate surface area is 138 Å². The molecule has 3 aliphatic heterocycles. The van der Waals surface area contributed by atoms with E-state index in [0.29, 0.717) is 12.0 Å². The Kier molecular flexibility index (Phi) is 4.11. The van der Waals surface area contributed by atoms with Crippen LogP contribution in [0, 0.1) is 12.8 Å². The Bertz CT molecular complexity index is 560. The molecule has 3 fully saturated rings. The second kappa shape index (κ2) is 6.24. The van der Waals surface area contributed by atoms with E-state index in [-0.39, 0.29) is 0 Å². The highest BCUT2D eigenvalue weighted by molar-refractivity contribution is 5.47. The Balaban J connectivity index is 1.61. The van der Waals surface area contributed by atoms with E-state index in [1.807, 2.05) is 0 Å². The van der Waals surface area contributed by atoms with Crippen LogP contribution >= 0.6 is 0 Å². The van der Waals surface area contributed by atoms with Crippen molar-refractivity contribution in [1.29, 1.82) is 0 Å². The lowest BCUT2D eigenvalue weighted by Gasteiger charge is -2.31. The van der Waals surface area contributed by atoms with Crippen LogP contribution in [0.5, 0.6) is 0 Å². The van der Waals surface area contributed by atoms with Gasteiger partial charge in [-0.2, -0.15) is 4.98 Å². The molecule has 0 aliphatic carbocycles. The standard InChI is InChI=1S/C17H27N5O/c1-13-7-16(19-17(18-13)21-5-3-4-6-21)22-9-14-8-20(2)15(10-22)12-23-11-14/h7,14-15H,3-6,8-12H2,1-2H3/t14-,15+/m1/s1. The van der Waals surface area contributed by atoms with Gasteiger partial charge in [-0.3, -0.25) is 4.90 Å². The summed E-state index contributed by atoms with van der Waals surface area (Å²) in [7, 11) is 2.22. The number of hydrogen-bond donors (Lipinski definition) is 0. The highest BCUT2D eigenvalue weighted by Crippen LogP contribution is 2.25. The summed E-state index contributed by atoms with van der Waals surface area (Å²) < 4.78 is 5.84. The fraction of sp³-hybridized carbons (Fsp3) is 0.765. The van der Waals surface area contributed by atoms with Gasteiger partial charge in [0.2, 0.25) is 5.95 Å². The Hall–Kier alpha value is -1.40. The molecule has 1 aromatic heterocycles. The maximum atomic E-state index is 5.84. The Morgan fingerprint density at radius 3 is 2.70 bits per heavy atom.